The van der Waals surface area contributed by atoms with Crippen molar-refractivity contribution in [3.8, 4) is 0 Å². The first-order valence-corrected chi connectivity index (χ1v) is 15.0. The SMILES string of the molecule is C=CCO[C@@H]1O[C@@H](CO[Si](c2ccccc2)(c2ccccc2)C(C)(C)C)[C@H]2OC(C)(C)O[C@H]2[C@@H]1OC(C)=O. The molecule has 0 spiro atoms. The van der Waals surface area contributed by atoms with Crippen molar-refractivity contribution in [3.05, 3.63) is 73.3 Å². The molecule has 206 valence electrons. The number of hydrogen-bond acceptors (Lipinski definition) is 7. The van der Waals surface area contributed by atoms with Gasteiger partial charge in [0.2, 0.25) is 0 Å². The molecule has 0 saturated carbocycles. The number of rotatable bonds is 9. The normalized spacial score (nSPS) is 26.9. The lowest BCUT2D eigenvalue weighted by Gasteiger charge is -2.46. The van der Waals surface area contributed by atoms with E-state index in [9.17, 15) is 4.79 Å². The molecule has 0 bridgehead atoms. The summed E-state index contributed by atoms with van der Waals surface area (Å²) in [4.78, 5) is 12.0. The Kier molecular flexibility index (Phi) is 8.61. The van der Waals surface area contributed by atoms with Gasteiger partial charge in [0.1, 0.15) is 18.3 Å². The van der Waals surface area contributed by atoms with E-state index in [0.717, 1.165) is 0 Å². The van der Waals surface area contributed by atoms with Gasteiger partial charge >= 0.3 is 5.97 Å². The summed E-state index contributed by atoms with van der Waals surface area (Å²) in [7, 11) is -2.82. The van der Waals surface area contributed by atoms with Crippen LogP contribution < -0.4 is 10.4 Å². The highest BCUT2D eigenvalue weighted by atomic mass is 28.4. The zero-order valence-corrected chi connectivity index (χ0v) is 24.2. The number of esters is 1. The van der Waals surface area contributed by atoms with Gasteiger partial charge in [-0.15, -0.1) is 6.58 Å². The standard InChI is InChI=1S/C30H40O7Si/c1-8-19-32-28-27(34-21(2)31)26-25(36-30(6,7)37-26)24(35-28)20-33-38(29(3,4)5,22-15-11-9-12-16-22)23-17-13-10-14-18-23/h8-18,24-28H,1,19-20H2,2-7H3/t24-,25+,26+,27-,28+/m0/s1. The first kappa shape index (κ1) is 28.7. The minimum atomic E-state index is -2.82. The van der Waals surface area contributed by atoms with E-state index in [1.54, 1.807) is 6.08 Å². The van der Waals surface area contributed by atoms with Gasteiger partial charge < -0.3 is 28.1 Å². The lowest BCUT2D eigenvalue weighted by Crippen LogP contribution is -2.68. The predicted molar refractivity (Wildman–Crippen MR) is 148 cm³/mol. The molecule has 7 nitrogen and oxygen atoms in total. The maximum Gasteiger partial charge on any atom is 0.303 e. The maximum absolute atomic E-state index is 12.0. The summed E-state index contributed by atoms with van der Waals surface area (Å²) in [6.07, 6.45) is -1.64. The van der Waals surface area contributed by atoms with Crippen LogP contribution in [0.15, 0.2) is 73.3 Å². The second-order valence-corrected chi connectivity index (χ2v) is 15.6. The monoisotopic (exact) mass is 540 g/mol. The van der Waals surface area contributed by atoms with Crippen molar-refractivity contribution in [3.63, 3.8) is 0 Å². The van der Waals surface area contributed by atoms with Crippen LogP contribution in [0.2, 0.25) is 5.04 Å². The average Bonchev–Trinajstić information content (AvgIpc) is 3.20. The Labute approximate surface area is 227 Å². The molecule has 2 fully saturated rings. The van der Waals surface area contributed by atoms with Gasteiger partial charge in [0.05, 0.1) is 13.2 Å². The molecule has 0 aromatic heterocycles. The van der Waals surface area contributed by atoms with Crippen molar-refractivity contribution in [2.75, 3.05) is 13.2 Å². The minimum Gasteiger partial charge on any atom is -0.454 e. The summed E-state index contributed by atoms with van der Waals surface area (Å²) >= 11 is 0. The fourth-order valence-electron chi connectivity index (χ4n) is 5.55. The van der Waals surface area contributed by atoms with Crippen LogP contribution in [-0.4, -0.2) is 64.0 Å². The number of carbonyl (C=O) groups excluding carboxylic acids is 1. The number of hydrogen-bond donors (Lipinski definition) is 0. The van der Waals surface area contributed by atoms with Gasteiger partial charge in [0.15, 0.2) is 18.2 Å². The van der Waals surface area contributed by atoms with Gasteiger partial charge in [0, 0.05) is 6.92 Å². The Morgan fingerprint density at radius 2 is 1.55 bits per heavy atom. The molecule has 0 N–H and O–H groups in total. The fourth-order valence-corrected chi connectivity index (χ4v) is 10.1. The molecule has 0 radical (unpaired) electrons. The molecule has 38 heavy (non-hydrogen) atoms. The summed E-state index contributed by atoms with van der Waals surface area (Å²) in [5, 5.41) is 2.15. The van der Waals surface area contributed by atoms with Crippen LogP contribution in [0.4, 0.5) is 0 Å². The Morgan fingerprint density at radius 3 is 2.05 bits per heavy atom. The molecule has 2 heterocycles. The van der Waals surface area contributed by atoms with Crippen LogP contribution in [0.3, 0.4) is 0 Å². The highest BCUT2D eigenvalue weighted by Crippen LogP contribution is 2.41. The van der Waals surface area contributed by atoms with E-state index >= 15 is 0 Å². The van der Waals surface area contributed by atoms with Crippen LogP contribution in [0.25, 0.3) is 0 Å². The van der Waals surface area contributed by atoms with Crippen molar-refractivity contribution >= 4 is 24.7 Å². The van der Waals surface area contributed by atoms with Crippen molar-refractivity contribution in [2.24, 2.45) is 0 Å². The third kappa shape index (κ3) is 5.81. The number of carbonyl (C=O) groups is 1. The summed E-state index contributed by atoms with van der Waals surface area (Å²) < 4.78 is 37.7. The van der Waals surface area contributed by atoms with Gasteiger partial charge in [-0.05, 0) is 29.3 Å². The molecule has 8 heteroatoms. The Bertz CT molecular complexity index is 1040. The van der Waals surface area contributed by atoms with E-state index in [0.29, 0.717) is 0 Å². The zero-order valence-electron chi connectivity index (χ0n) is 23.2. The van der Waals surface area contributed by atoms with Crippen molar-refractivity contribution in [1.29, 1.82) is 0 Å². The topological polar surface area (TPSA) is 72.5 Å². The van der Waals surface area contributed by atoms with Crippen LogP contribution >= 0.6 is 0 Å². The van der Waals surface area contributed by atoms with E-state index in [4.69, 9.17) is 28.1 Å². The Balaban J connectivity index is 1.72. The van der Waals surface area contributed by atoms with E-state index in [2.05, 4.69) is 75.9 Å². The maximum atomic E-state index is 12.0. The zero-order chi connectivity index (χ0) is 27.6. The highest BCUT2D eigenvalue weighted by Gasteiger charge is 2.58. The van der Waals surface area contributed by atoms with E-state index in [-0.39, 0.29) is 18.3 Å². The molecule has 0 unspecified atom stereocenters. The molecule has 2 saturated heterocycles. The molecule has 5 atom stereocenters. The quantitative estimate of drug-likeness (QED) is 0.271. The summed E-state index contributed by atoms with van der Waals surface area (Å²) in [5.74, 6) is -1.33. The van der Waals surface area contributed by atoms with Crippen molar-refractivity contribution in [2.45, 2.75) is 83.1 Å². The molecule has 2 aliphatic heterocycles. The van der Waals surface area contributed by atoms with Crippen molar-refractivity contribution < 1.29 is 32.9 Å². The molecule has 0 aliphatic carbocycles. The number of ether oxygens (including phenoxy) is 5. The van der Waals surface area contributed by atoms with E-state index < -0.39 is 50.8 Å². The van der Waals surface area contributed by atoms with E-state index in [1.165, 1.54) is 17.3 Å². The third-order valence-electron chi connectivity index (χ3n) is 6.99. The first-order valence-electron chi connectivity index (χ1n) is 13.1. The second kappa shape index (κ2) is 11.4. The largest absolute Gasteiger partial charge is 0.454 e. The van der Waals surface area contributed by atoms with E-state index in [1.807, 2.05) is 26.0 Å². The molecule has 2 aromatic carbocycles. The van der Waals surface area contributed by atoms with Crippen LogP contribution in [0.1, 0.15) is 41.5 Å². The molecule has 2 aromatic rings. The summed E-state index contributed by atoms with van der Waals surface area (Å²) in [5.41, 5.74) is 0. The molecular formula is C30H40O7Si. The van der Waals surface area contributed by atoms with Crippen LogP contribution in [-0.2, 0) is 32.9 Å². The second-order valence-electron chi connectivity index (χ2n) is 11.3. The first-order chi connectivity index (χ1) is 18.0. The molecule has 4 rings (SSSR count). The van der Waals surface area contributed by atoms with Crippen LogP contribution in [0.5, 0.6) is 0 Å². The highest BCUT2D eigenvalue weighted by molar-refractivity contribution is 6.99. The lowest BCUT2D eigenvalue weighted by molar-refractivity contribution is -0.282. The van der Waals surface area contributed by atoms with Gasteiger partial charge in [-0.2, -0.15) is 0 Å². The Morgan fingerprint density at radius 1 is 1.00 bits per heavy atom. The van der Waals surface area contributed by atoms with Gasteiger partial charge in [-0.3, -0.25) is 4.79 Å². The predicted octanol–water partition coefficient (Wildman–Crippen LogP) is 3.94. The Hall–Kier alpha value is -2.33. The minimum absolute atomic E-state index is 0.199. The van der Waals surface area contributed by atoms with Gasteiger partial charge in [-0.25, -0.2) is 0 Å². The van der Waals surface area contributed by atoms with Gasteiger partial charge in [-0.1, -0.05) is 87.5 Å². The number of benzene rings is 2. The summed E-state index contributed by atoms with van der Waals surface area (Å²) in [6, 6.07) is 20.9. The average molecular weight is 541 g/mol. The molecule has 0 amide bonds. The van der Waals surface area contributed by atoms with Crippen LogP contribution in [0, 0.1) is 0 Å². The van der Waals surface area contributed by atoms with Crippen molar-refractivity contribution in [1.82, 2.24) is 0 Å². The van der Waals surface area contributed by atoms with Gasteiger partial charge in [0.25, 0.3) is 8.32 Å². The fraction of sp³-hybridized carbons (Fsp3) is 0.500. The molecular weight excluding hydrogens is 500 g/mol. The number of fused-ring (bicyclic) bond motifs is 1. The summed E-state index contributed by atoms with van der Waals surface area (Å²) in [6.45, 7) is 16.0. The third-order valence-corrected chi connectivity index (χ3v) is 12.0. The molecule has 2 aliphatic rings. The lowest BCUT2D eigenvalue weighted by atomic mass is 9.99. The smallest absolute Gasteiger partial charge is 0.303 e.